The van der Waals surface area contributed by atoms with E-state index in [4.69, 9.17) is 15.3 Å². The molecule has 0 aliphatic carbocycles. The van der Waals surface area contributed by atoms with E-state index in [9.17, 15) is 29.1 Å². The third kappa shape index (κ3) is 12.5. The molecule has 0 saturated heterocycles. The topological polar surface area (TPSA) is 176 Å². The molecule has 12 heteroatoms. The molecule has 4 N–H and O–H groups in total. The number of carbonyl (C=O) groups excluding carboxylic acids is 1. The number of carbonyl (C=O) groups is 5. The van der Waals surface area contributed by atoms with Crippen LogP contribution in [0.15, 0.2) is 0 Å². The third-order valence-corrected chi connectivity index (χ3v) is 4.10. The Morgan fingerprint density at radius 2 is 1.24 bits per heavy atom. The molecule has 1 unspecified atom stereocenters. The highest BCUT2D eigenvalue weighted by molar-refractivity contribution is 5.73. The van der Waals surface area contributed by atoms with E-state index < -0.39 is 43.0 Å². The molecule has 0 heterocycles. The highest BCUT2D eigenvalue weighted by atomic mass is 16.4. The van der Waals surface area contributed by atoms with Gasteiger partial charge in [0.1, 0.15) is 12.3 Å². The standard InChI is InChI=1S/C17H29N3O9/c1-2-3-13(17(28)29)20(6-4-18(8-9-21)10-14(22)23)7-5-19(11-15(24)25)12-16(26)27/h9,13H,2-8,10-12H2,1H3,(H,22,23)(H,24,25)(H,26,27)(H,28,29). The van der Waals surface area contributed by atoms with Crippen molar-refractivity contribution in [1.29, 1.82) is 0 Å². The fourth-order valence-electron chi connectivity index (χ4n) is 2.83. The van der Waals surface area contributed by atoms with E-state index in [-0.39, 0.29) is 39.3 Å². The first-order valence-corrected chi connectivity index (χ1v) is 9.11. The Kier molecular flexibility index (Phi) is 13.2. The molecule has 0 aromatic heterocycles. The number of aldehydes is 1. The van der Waals surface area contributed by atoms with Crippen molar-refractivity contribution in [3.63, 3.8) is 0 Å². The molecule has 0 aliphatic rings. The third-order valence-electron chi connectivity index (χ3n) is 4.10. The number of aliphatic carboxylic acids is 4. The van der Waals surface area contributed by atoms with Crippen LogP contribution >= 0.6 is 0 Å². The lowest BCUT2D eigenvalue weighted by molar-refractivity contribution is -0.146. The van der Waals surface area contributed by atoms with E-state index in [1.807, 2.05) is 0 Å². The van der Waals surface area contributed by atoms with Crippen molar-refractivity contribution in [3.05, 3.63) is 0 Å². The molecule has 29 heavy (non-hydrogen) atoms. The Morgan fingerprint density at radius 1 is 0.793 bits per heavy atom. The summed E-state index contributed by atoms with van der Waals surface area (Å²) in [4.78, 5) is 59.3. The number of rotatable bonds is 18. The van der Waals surface area contributed by atoms with Gasteiger partial charge in [-0.3, -0.25) is 33.9 Å². The second-order valence-corrected chi connectivity index (χ2v) is 6.47. The van der Waals surface area contributed by atoms with Crippen LogP contribution in [0.2, 0.25) is 0 Å². The Hall–Kier alpha value is -2.57. The first kappa shape index (κ1) is 26.4. The van der Waals surface area contributed by atoms with Gasteiger partial charge in [0.2, 0.25) is 0 Å². The lowest BCUT2D eigenvalue weighted by Gasteiger charge is -2.32. The highest BCUT2D eigenvalue weighted by Crippen LogP contribution is 2.09. The van der Waals surface area contributed by atoms with Gasteiger partial charge in [-0.15, -0.1) is 0 Å². The van der Waals surface area contributed by atoms with Crippen LogP contribution in [0.25, 0.3) is 0 Å². The number of hydrogen-bond donors (Lipinski definition) is 4. The summed E-state index contributed by atoms with van der Waals surface area (Å²) in [5.41, 5.74) is 0. The maximum absolute atomic E-state index is 11.7. The highest BCUT2D eigenvalue weighted by Gasteiger charge is 2.26. The summed E-state index contributed by atoms with van der Waals surface area (Å²) in [5, 5.41) is 36.3. The van der Waals surface area contributed by atoms with Crippen LogP contribution in [0.5, 0.6) is 0 Å². The zero-order chi connectivity index (χ0) is 22.4. The van der Waals surface area contributed by atoms with Crippen LogP contribution in [0, 0.1) is 0 Å². The molecule has 0 aromatic carbocycles. The lowest BCUT2D eigenvalue weighted by atomic mass is 10.1. The molecule has 0 fully saturated rings. The average Bonchev–Trinajstić information content (AvgIpc) is 2.58. The SMILES string of the molecule is CCCC(C(=O)O)N(CCN(CC=O)CC(=O)O)CCN(CC(=O)O)CC(=O)O. The molecule has 0 aliphatic heterocycles. The van der Waals surface area contributed by atoms with Crippen LogP contribution in [0.4, 0.5) is 0 Å². The zero-order valence-electron chi connectivity index (χ0n) is 16.4. The van der Waals surface area contributed by atoms with E-state index in [2.05, 4.69) is 0 Å². The first-order chi connectivity index (χ1) is 13.6. The second-order valence-electron chi connectivity index (χ2n) is 6.47. The van der Waals surface area contributed by atoms with Gasteiger partial charge in [-0.2, -0.15) is 0 Å². The Balaban J connectivity index is 5.26. The van der Waals surface area contributed by atoms with E-state index in [1.165, 1.54) is 9.80 Å². The summed E-state index contributed by atoms with van der Waals surface area (Å²) < 4.78 is 0. The van der Waals surface area contributed by atoms with Gasteiger partial charge in [0.15, 0.2) is 0 Å². The average molecular weight is 419 g/mol. The van der Waals surface area contributed by atoms with Crippen molar-refractivity contribution >= 4 is 30.2 Å². The predicted octanol–water partition coefficient (Wildman–Crippen LogP) is -1.40. The molecular formula is C17H29N3O9. The maximum Gasteiger partial charge on any atom is 0.320 e. The summed E-state index contributed by atoms with van der Waals surface area (Å²) in [6.45, 7) is 0.557. The van der Waals surface area contributed by atoms with E-state index >= 15 is 0 Å². The summed E-state index contributed by atoms with van der Waals surface area (Å²) in [7, 11) is 0. The molecule has 0 rings (SSSR count). The Labute approximate surface area is 168 Å². The zero-order valence-corrected chi connectivity index (χ0v) is 16.4. The Morgan fingerprint density at radius 3 is 1.62 bits per heavy atom. The van der Waals surface area contributed by atoms with Gasteiger partial charge in [0.05, 0.1) is 26.2 Å². The summed E-state index contributed by atoms with van der Waals surface area (Å²) in [6.07, 6.45) is 1.42. The molecule has 0 amide bonds. The first-order valence-electron chi connectivity index (χ1n) is 9.11. The molecule has 0 aromatic rings. The van der Waals surface area contributed by atoms with E-state index in [0.29, 0.717) is 19.1 Å². The van der Waals surface area contributed by atoms with Crippen LogP contribution < -0.4 is 0 Å². The Bertz CT molecular complexity index is 554. The maximum atomic E-state index is 11.7. The minimum absolute atomic E-state index is 0.00128. The lowest BCUT2D eigenvalue weighted by Crippen LogP contribution is -2.49. The van der Waals surface area contributed by atoms with Crippen molar-refractivity contribution in [3.8, 4) is 0 Å². The summed E-state index contributed by atoms with van der Waals surface area (Å²) >= 11 is 0. The molecule has 12 nitrogen and oxygen atoms in total. The summed E-state index contributed by atoms with van der Waals surface area (Å²) in [5.74, 6) is -4.63. The van der Waals surface area contributed by atoms with Crippen molar-refractivity contribution in [2.45, 2.75) is 25.8 Å². The molecule has 0 radical (unpaired) electrons. The van der Waals surface area contributed by atoms with Crippen LogP contribution in [0.1, 0.15) is 19.8 Å². The van der Waals surface area contributed by atoms with Crippen molar-refractivity contribution in [1.82, 2.24) is 14.7 Å². The van der Waals surface area contributed by atoms with Gasteiger partial charge in [0, 0.05) is 26.2 Å². The van der Waals surface area contributed by atoms with Gasteiger partial charge < -0.3 is 25.2 Å². The fraction of sp³-hybridized carbons (Fsp3) is 0.706. The van der Waals surface area contributed by atoms with Crippen molar-refractivity contribution < 1.29 is 44.4 Å². The van der Waals surface area contributed by atoms with Crippen LogP contribution in [-0.2, 0) is 24.0 Å². The second kappa shape index (κ2) is 14.4. The largest absolute Gasteiger partial charge is 0.480 e. The van der Waals surface area contributed by atoms with Crippen molar-refractivity contribution in [2.24, 2.45) is 0 Å². The number of hydrogen-bond acceptors (Lipinski definition) is 8. The molecule has 166 valence electrons. The minimum Gasteiger partial charge on any atom is -0.480 e. The monoisotopic (exact) mass is 419 g/mol. The molecular weight excluding hydrogens is 390 g/mol. The van der Waals surface area contributed by atoms with E-state index in [1.54, 1.807) is 11.8 Å². The van der Waals surface area contributed by atoms with Gasteiger partial charge in [-0.05, 0) is 6.42 Å². The number of carboxylic acids is 4. The molecule has 0 bridgehead atoms. The van der Waals surface area contributed by atoms with E-state index in [0.717, 1.165) is 0 Å². The molecule has 0 spiro atoms. The summed E-state index contributed by atoms with van der Waals surface area (Å²) in [6, 6.07) is -0.903. The van der Waals surface area contributed by atoms with Crippen molar-refractivity contribution in [2.75, 3.05) is 52.4 Å². The quantitative estimate of drug-likeness (QED) is 0.191. The predicted molar refractivity (Wildman–Crippen MR) is 99.8 cm³/mol. The van der Waals surface area contributed by atoms with Gasteiger partial charge in [0.25, 0.3) is 0 Å². The van der Waals surface area contributed by atoms with Gasteiger partial charge >= 0.3 is 23.9 Å². The van der Waals surface area contributed by atoms with Gasteiger partial charge in [-0.25, -0.2) is 0 Å². The normalized spacial score (nSPS) is 12.3. The smallest absolute Gasteiger partial charge is 0.320 e. The fourth-order valence-corrected chi connectivity index (χ4v) is 2.83. The molecule has 1 atom stereocenters. The van der Waals surface area contributed by atoms with Crippen LogP contribution in [-0.4, -0.2) is 124 Å². The van der Waals surface area contributed by atoms with Crippen LogP contribution in [0.3, 0.4) is 0 Å². The molecule has 0 saturated carbocycles. The minimum atomic E-state index is -1.21. The number of carboxylic acid groups (broad SMARTS) is 4. The van der Waals surface area contributed by atoms with Gasteiger partial charge in [-0.1, -0.05) is 13.3 Å². The number of nitrogens with zero attached hydrogens (tertiary/aromatic N) is 3.